The van der Waals surface area contributed by atoms with Gasteiger partial charge >= 0.3 is 5.97 Å². The summed E-state index contributed by atoms with van der Waals surface area (Å²) in [5.41, 5.74) is 10.8. The molecule has 5 N–H and O–H groups in total. The molecule has 0 aromatic heterocycles. The molecule has 0 aliphatic carbocycles. The largest absolute Gasteiger partial charge is 0.452 e. The van der Waals surface area contributed by atoms with E-state index in [9.17, 15) is 24.0 Å². The molecule has 3 aromatic rings. The smallest absolute Gasteiger partial charge is 0.339 e. The van der Waals surface area contributed by atoms with Gasteiger partial charge in [0.15, 0.2) is 12.4 Å². The summed E-state index contributed by atoms with van der Waals surface area (Å²) in [6, 6.07) is 15.9. The van der Waals surface area contributed by atoms with Crippen molar-refractivity contribution in [3.05, 3.63) is 99.6 Å². The molecular formula is C24H18ClN3O6. The maximum atomic E-state index is 12.8. The van der Waals surface area contributed by atoms with Crippen LogP contribution in [0.2, 0.25) is 5.02 Å². The fourth-order valence-electron chi connectivity index (χ4n) is 3.01. The number of amides is 3. The number of nitrogens with one attached hydrogen (secondary N) is 1. The molecule has 0 fully saturated rings. The molecule has 0 unspecified atom stereocenters. The lowest BCUT2D eigenvalue weighted by molar-refractivity contribution is -0.119. The van der Waals surface area contributed by atoms with Crippen molar-refractivity contribution in [1.82, 2.24) is 0 Å². The molecule has 0 heterocycles. The van der Waals surface area contributed by atoms with E-state index >= 15 is 0 Å². The zero-order valence-corrected chi connectivity index (χ0v) is 18.3. The predicted octanol–water partition coefficient (Wildman–Crippen LogP) is 2.56. The number of rotatable bonds is 8. The van der Waals surface area contributed by atoms with E-state index in [1.165, 1.54) is 42.5 Å². The van der Waals surface area contributed by atoms with Crippen LogP contribution in [0.15, 0.2) is 66.7 Å². The maximum absolute atomic E-state index is 12.8. The summed E-state index contributed by atoms with van der Waals surface area (Å²) in [4.78, 5) is 60.6. The third-order valence-corrected chi connectivity index (χ3v) is 4.87. The first-order chi connectivity index (χ1) is 16.2. The lowest BCUT2D eigenvalue weighted by Crippen LogP contribution is -2.23. The van der Waals surface area contributed by atoms with Crippen molar-refractivity contribution in [2.45, 2.75) is 0 Å². The van der Waals surface area contributed by atoms with Gasteiger partial charge in [-0.15, -0.1) is 0 Å². The normalized spacial score (nSPS) is 10.3. The number of hydrogen-bond donors (Lipinski definition) is 3. The first-order valence-corrected chi connectivity index (χ1v) is 10.1. The predicted molar refractivity (Wildman–Crippen MR) is 124 cm³/mol. The van der Waals surface area contributed by atoms with E-state index in [0.717, 1.165) is 0 Å². The van der Waals surface area contributed by atoms with Crippen molar-refractivity contribution >= 4 is 46.8 Å². The van der Waals surface area contributed by atoms with Crippen LogP contribution in [-0.4, -0.2) is 36.1 Å². The lowest BCUT2D eigenvalue weighted by atomic mass is 9.98. The molecule has 0 saturated carbocycles. The Morgan fingerprint density at radius 2 is 1.32 bits per heavy atom. The average molecular weight is 480 g/mol. The minimum absolute atomic E-state index is 0.0259. The van der Waals surface area contributed by atoms with Crippen LogP contribution >= 0.6 is 11.6 Å². The Bertz CT molecular complexity index is 1270. The van der Waals surface area contributed by atoms with E-state index in [1.54, 1.807) is 24.3 Å². The van der Waals surface area contributed by atoms with Gasteiger partial charge in [0, 0.05) is 33.0 Å². The first kappa shape index (κ1) is 24.1. The van der Waals surface area contributed by atoms with E-state index in [-0.39, 0.29) is 27.9 Å². The van der Waals surface area contributed by atoms with Gasteiger partial charge in [0.1, 0.15) is 0 Å². The number of carbonyl (C=O) groups excluding carboxylic acids is 5. The Hall–Kier alpha value is -4.50. The summed E-state index contributed by atoms with van der Waals surface area (Å²) in [6.07, 6.45) is 0. The standard InChI is InChI=1S/C24H18ClN3O6/c25-16-7-5-13(6-8-16)21(30)18-3-1-2-4-19(18)24(33)34-12-20(29)28-17-10-14(22(26)31)9-15(11-17)23(27)32/h1-11H,12H2,(H2,26,31)(H2,27,32)(H,28,29). The minimum atomic E-state index is -0.892. The van der Waals surface area contributed by atoms with Crippen molar-refractivity contribution in [2.75, 3.05) is 11.9 Å². The van der Waals surface area contributed by atoms with Gasteiger partial charge in [-0.25, -0.2) is 4.79 Å². The summed E-state index contributed by atoms with van der Waals surface area (Å²) in [5.74, 6) is -3.72. The summed E-state index contributed by atoms with van der Waals surface area (Å²) < 4.78 is 5.06. The topological polar surface area (TPSA) is 159 Å². The number of hydrogen-bond acceptors (Lipinski definition) is 6. The van der Waals surface area contributed by atoms with Crippen LogP contribution in [0.25, 0.3) is 0 Å². The first-order valence-electron chi connectivity index (χ1n) is 9.76. The van der Waals surface area contributed by atoms with Gasteiger partial charge in [0.25, 0.3) is 5.91 Å². The van der Waals surface area contributed by atoms with E-state index in [4.69, 9.17) is 27.8 Å². The molecule has 0 aliphatic heterocycles. The molecule has 9 nitrogen and oxygen atoms in total. The van der Waals surface area contributed by atoms with E-state index in [0.29, 0.717) is 10.6 Å². The van der Waals surface area contributed by atoms with Gasteiger partial charge in [-0.1, -0.05) is 29.8 Å². The number of primary amides is 2. The molecule has 0 aliphatic rings. The Morgan fingerprint density at radius 3 is 1.88 bits per heavy atom. The Labute approximate surface area is 198 Å². The van der Waals surface area contributed by atoms with Gasteiger partial charge in [0.05, 0.1) is 5.56 Å². The SMILES string of the molecule is NC(=O)c1cc(NC(=O)COC(=O)c2ccccc2C(=O)c2ccc(Cl)cc2)cc(C(N)=O)c1. The number of halogens is 1. The van der Waals surface area contributed by atoms with E-state index in [1.807, 2.05) is 0 Å². The molecule has 0 saturated heterocycles. The van der Waals surface area contributed by atoms with Crippen LogP contribution in [0.5, 0.6) is 0 Å². The highest BCUT2D eigenvalue weighted by Gasteiger charge is 2.20. The number of nitrogens with two attached hydrogens (primary N) is 2. The van der Waals surface area contributed by atoms with E-state index < -0.39 is 36.1 Å². The Kier molecular flexibility index (Phi) is 7.39. The third kappa shape index (κ3) is 5.84. The van der Waals surface area contributed by atoms with Gasteiger partial charge in [-0.3, -0.25) is 19.2 Å². The molecule has 172 valence electrons. The molecule has 0 atom stereocenters. The third-order valence-electron chi connectivity index (χ3n) is 4.62. The van der Waals surface area contributed by atoms with Gasteiger partial charge in [0.2, 0.25) is 11.8 Å². The highest BCUT2D eigenvalue weighted by Crippen LogP contribution is 2.18. The molecule has 10 heteroatoms. The molecule has 3 aromatic carbocycles. The zero-order valence-electron chi connectivity index (χ0n) is 17.5. The van der Waals surface area contributed by atoms with Crippen LogP contribution in [0.4, 0.5) is 5.69 Å². The molecule has 0 bridgehead atoms. The molecule has 0 spiro atoms. The van der Waals surface area contributed by atoms with Crippen molar-refractivity contribution in [2.24, 2.45) is 11.5 Å². The molecular weight excluding hydrogens is 462 g/mol. The molecule has 0 radical (unpaired) electrons. The Balaban J connectivity index is 1.72. The van der Waals surface area contributed by atoms with Crippen LogP contribution in [0, 0.1) is 0 Å². The fraction of sp³-hybridized carbons (Fsp3) is 0.0417. The minimum Gasteiger partial charge on any atom is -0.452 e. The fourth-order valence-corrected chi connectivity index (χ4v) is 3.13. The molecule has 3 amide bonds. The van der Waals surface area contributed by atoms with Crippen molar-refractivity contribution < 1.29 is 28.7 Å². The lowest BCUT2D eigenvalue weighted by Gasteiger charge is -2.11. The number of ether oxygens (including phenoxy) is 1. The quantitative estimate of drug-likeness (QED) is 0.332. The second kappa shape index (κ2) is 10.4. The number of esters is 1. The monoisotopic (exact) mass is 479 g/mol. The van der Waals surface area contributed by atoms with Gasteiger partial charge < -0.3 is 21.5 Å². The Morgan fingerprint density at radius 1 is 0.765 bits per heavy atom. The highest BCUT2D eigenvalue weighted by molar-refractivity contribution is 6.30. The number of benzene rings is 3. The highest BCUT2D eigenvalue weighted by atomic mass is 35.5. The van der Waals surface area contributed by atoms with Crippen LogP contribution in [0.1, 0.15) is 47.0 Å². The van der Waals surface area contributed by atoms with Gasteiger partial charge in [-0.05, 0) is 48.5 Å². The summed E-state index contributed by atoms with van der Waals surface area (Å²) >= 11 is 5.85. The summed E-state index contributed by atoms with van der Waals surface area (Å²) in [7, 11) is 0. The second-order valence-electron chi connectivity index (χ2n) is 7.03. The van der Waals surface area contributed by atoms with E-state index in [2.05, 4.69) is 5.32 Å². The molecule has 34 heavy (non-hydrogen) atoms. The summed E-state index contributed by atoms with van der Waals surface area (Å²) in [5, 5.41) is 2.85. The van der Waals surface area contributed by atoms with Crippen LogP contribution < -0.4 is 16.8 Å². The second-order valence-corrected chi connectivity index (χ2v) is 7.47. The average Bonchev–Trinajstić information content (AvgIpc) is 2.82. The van der Waals surface area contributed by atoms with Crippen molar-refractivity contribution in [1.29, 1.82) is 0 Å². The maximum Gasteiger partial charge on any atom is 0.339 e. The number of anilines is 1. The molecule has 3 rings (SSSR count). The zero-order chi connectivity index (χ0) is 24.8. The van der Waals surface area contributed by atoms with Crippen LogP contribution in [0.3, 0.4) is 0 Å². The number of carbonyl (C=O) groups is 5. The summed E-state index contributed by atoms with van der Waals surface area (Å²) in [6.45, 7) is -0.699. The van der Waals surface area contributed by atoms with Crippen molar-refractivity contribution in [3.63, 3.8) is 0 Å². The van der Waals surface area contributed by atoms with Crippen molar-refractivity contribution in [3.8, 4) is 0 Å². The van der Waals surface area contributed by atoms with Gasteiger partial charge in [-0.2, -0.15) is 0 Å². The van der Waals surface area contributed by atoms with Crippen LogP contribution in [-0.2, 0) is 9.53 Å². The number of ketones is 1.